The van der Waals surface area contributed by atoms with E-state index in [2.05, 4.69) is 57.1 Å². The van der Waals surface area contributed by atoms with Crippen LogP contribution in [0.5, 0.6) is 0 Å². The molecule has 0 aromatic carbocycles. The molecule has 1 saturated carbocycles. The van der Waals surface area contributed by atoms with Gasteiger partial charge in [-0.3, -0.25) is 0 Å². The number of ether oxygens (including phenoxy) is 3. The molecular weight excluding hydrogens is 538 g/mol. The molecule has 1 rings (SSSR count). The predicted molar refractivity (Wildman–Crippen MR) is 182 cm³/mol. The molecule has 7 heteroatoms. The van der Waals surface area contributed by atoms with E-state index in [1.54, 1.807) is 5.57 Å². The van der Waals surface area contributed by atoms with Crippen molar-refractivity contribution >= 4 is 0 Å². The number of rotatable bonds is 21. The highest BCUT2D eigenvalue weighted by Crippen LogP contribution is 2.26. The van der Waals surface area contributed by atoms with Crippen LogP contribution in [0.15, 0.2) is 35.8 Å². The van der Waals surface area contributed by atoms with Crippen LogP contribution in [0.25, 0.3) is 0 Å². The lowest BCUT2D eigenvalue weighted by Gasteiger charge is -2.30. The summed E-state index contributed by atoms with van der Waals surface area (Å²) in [5, 5.41) is 17.9. The molecule has 0 aliphatic heterocycles. The van der Waals surface area contributed by atoms with Gasteiger partial charge in [0, 0.05) is 30.8 Å². The summed E-state index contributed by atoms with van der Waals surface area (Å²) in [6, 6.07) is 0.0605. The average molecular weight is 608 g/mol. The summed E-state index contributed by atoms with van der Waals surface area (Å²) in [7, 11) is 0. The molecule has 1 aliphatic carbocycles. The summed E-state index contributed by atoms with van der Waals surface area (Å²) in [5.41, 5.74) is 8.64. The molecule has 252 valence electrons. The van der Waals surface area contributed by atoms with Crippen LogP contribution < -0.4 is 16.4 Å². The highest BCUT2D eigenvalue weighted by atomic mass is 16.6. The average Bonchev–Trinajstić information content (AvgIpc) is 2.81. The standard InChI is InChI=1S/C36H69N3O4/c1-12-13-14-20-32(39-29(26-28-17-15-18-28)23-25-41-34(3,4)5)30(37)19-16-24-38-31(27(2)42-35(6,7)8)21-22-33(40)43-36(9,10)11/h20,26,29-31,33,38-40H,2,12-19,21-25,37H2,1,3-11H3/b32-20-. The van der Waals surface area contributed by atoms with Crippen molar-refractivity contribution in [1.82, 2.24) is 10.6 Å². The molecule has 0 saturated heterocycles. The largest absolute Gasteiger partial charge is 0.491 e. The Morgan fingerprint density at radius 2 is 1.63 bits per heavy atom. The third kappa shape index (κ3) is 20.3. The molecule has 43 heavy (non-hydrogen) atoms. The van der Waals surface area contributed by atoms with Crippen molar-refractivity contribution in [3.63, 3.8) is 0 Å². The quantitative estimate of drug-likeness (QED) is 0.0461. The van der Waals surface area contributed by atoms with Gasteiger partial charge in [-0.25, -0.2) is 0 Å². The maximum absolute atomic E-state index is 10.4. The van der Waals surface area contributed by atoms with Crippen molar-refractivity contribution in [3.8, 4) is 0 Å². The lowest BCUT2D eigenvalue weighted by atomic mass is 9.90. The number of aliphatic hydroxyl groups excluding tert-OH is 1. The van der Waals surface area contributed by atoms with Gasteiger partial charge in [0.15, 0.2) is 6.29 Å². The lowest BCUT2D eigenvalue weighted by Crippen LogP contribution is -2.39. The van der Waals surface area contributed by atoms with E-state index >= 15 is 0 Å². The summed E-state index contributed by atoms with van der Waals surface area (Å²) < 4.78 is 17.9. The van der Waals surface area contributed by atoms with Gasteiger partial charge >= 0.3 is 0 Å². The predicted octanol–water partition coefficient (Wildman–Crippen LogP) is 7.64. The molecule has 1 fully saturated rings. The third-order valence-electron chi connectivity index (χ3n) is 7.17. The van der Waals surface area contributed by atoms with Crippen molar-refractivity contribution < 1.29 is 19.3 Å². The number of nitrogens with one attached hydrogen (secondary N) is 2. The fourth-order valence-electron chi connectivity index (χ4n) is 4.89. The molecule has 4 atom stereocenters. The zero-order valence-corrected chi connectivity index (χ0v) is 29.6. The third-order valence-corrected chi connectivity index (χ3v) is 7.17. The van der Waals surface area contributed by atoms with Crippen molar-refractivity contribution in [3.05, 3.63) is 35.8 Å². The minimum absolute atomic E-state index is 0.0704. The fraction of sp³-hybridized carbons (Fsp3) is 0.833. The van der Waals surface area contributed by atoms with E-state index in [-0.39, 0.29) is 29.3 Å². The van der Waals surface area contributed by atoms with Crippen LogP contribution >= 0.6 is 0 Å². The zero-order valence-electron chi connectivity index (χ0n) is 29.6. The van der Waals surface area contributed by atoms with E-state index in [4.69, 9.17) is 19.9 Å². The van der Waals surface area contributed by atoms with Crippen molar-refractivity contribution in [2.24, 2.45) is 5.73 Å². The van der Waals surface area contributed by atoms with Crippen molar-refractivity contribution in [1.29, 1.82) is 0 Å². The van der Waals surface area contributed by atoms with Gasteiger partial charge in [-0.05, 0) is 120 Å². The molecule has 0 aromatic heterocycles. The Morgan fingerprint density at radius 3 is 2.16 bits per heavy atom. The lowest BCUT2D eigenvalue weighted by molar-refractivity contribution is -0.169. The van der Waals surface area contributed by atoms with E-state index in [0.29, 0.717) is 25.2 Å². The smallest absolute Gasteiger partial charge is 0.155 e. The van der Waals surface area contributed by atoms with E-state index in [0.717, 1.165) is 50.8 Å². The van der Waals surface area contributed by atoms with Crippen molar-refractivity contribution in [2.75, 3.05) is 13.2 Å². The van der Waals surface area contributed by atoms with Crippen LogP contribution in [0, 0.1) is 0 Å². The second kappa shape index (κ2) is 19.2. The van der Waals surface area contributed by atoms with Crippen LogP contribution in [-0.2, 0) is 14.2 Å². The number of unbranched alkanes of at least 4 members (excludes halogenated alkanes) is 2. The first-order valence-corrected chi connectivity index (χ1v) is 16.9. The maximum atomic E-state index is 10.4. The summed E-state index contributed by atoms with van der Waals surface area (Å²) in [5.74, 6) is 0.686. The van der Waals surface area contributed by atoms with Gasteiger partial charge in [0.25, 0.3) is 0 Å². The van der Waals surface area contributed by atoms with Gasteiger partial charge in [-0.15, -0.1) is 0 Å². The minimum atomic E-state index is -0.835. The molecule has 1 aliphatic rings. The molecule has 0 radical (unpaired) electrons. The van der Waals surface area contributed by atoms with Gasteiger partial charge in [0.1, 0.15) is 11.4 Å². The highest BCUT2D eigenvalue weighted by Gasteiger charge is 2.23. The van der Waals surface area contributed by atoms with Crippen LogP contribution in [0.2, 0.25) is 0 Å². The molecule has 0 amide bonds. The molecule has 0 bridgehead atoms. The first kappa shape index (κ1) is 39.6. The Morgan fingerprint density at radius 1 is 0.953 bits per heavy atom. The van der Waals surface area contributed by atoms with Crippen LogP contribution in [-0.4, -0.2) is 59.5 Å². The van der Waals surface area contributed by atoms with Crippen LogP contribution in [0.3, 0.4) is 0 Å². The Kier molecular flexibility index (Phi) is 17.7. The summed E-state index contributed by atoms with van der Waals surface area (Å²) in [6.07, 6.45) is 14.8. The monoisotopic (exact) mass is 608 g/mol. The summed E-state index contributed by atoms with van der Waals surface area (Å²) in [6.45, 7) is 26.2. The Hall–Kier alpha value is -1.38. The number of hydrogen-bond acceptors (Lipinski definition) is 7. The molecule has 0 aromatic rings. The Bertz CT molecular complexity index is 842. The fourth-order valence-corrected chi connectivity index (χ4v) is 4.89. The normalized spacial score (nSPS) is 17.6. The van der Waals surface area contributed by atoms with Crippen molar-refractivity contribution in [2.45, 2.75) is 181 Å². The number of aliphatic hydroxyl groups is 1. The molecule has 0 heterocycles. The van der Waals surface area contributed by atoms with Gasteiger partial charge in [0.05, 0.1) is 17.2 Å². The molecule has 0 spiro atoms. The number of hydrogen-bond donors (Lipinski definition) is 4. The van der Waals surface area contributed by atoms with Gasteiger partial charge in [-0.1, -0.05) is 44.1 Å². The van der Waals surface area contributed by atoms with Gasteiger partial charge in [-0.2, -0.15) is 0 Å². The Labute approximate surface area is 265 Å². The molecule has 5 N–H and O–H groups in total. The second-order valence-corrected chi connectivity index (χ2v) is 15.2. The zero-order chi connectivity index (χ0) is 32.7. The first-order valence-electron chi connectivity index (χ1n) is 16.9. The van der Waals surface area contributed by atoms with E-state index in [9.17, 15) is 5.11 Å². The van der Waals surface area contributed by atoms with E-state index in [1.807, 2.05) is 41.5 Å². The summed E-state index contributed by atoms with van der Waals surface area (Å²) in [4.78, 5) is 0. The number of allylic oxidation sites excluding steroid dienone is 2. The first-order chi connectivity index (χ1) is 19.9. The molecular formula is C36H69N3O4. The molecule has 4 unspecified atom stereocenters. The molecule has 7 nitrogen and oxygen atoms in total. The minimum Gasteiger partial charge on any atom is -0.491 e. The second-order valence-electron chi connectivity index (χ2n) is 15.2. The maximum Gasteiger partial charge on any atom is 0.155 e. The van der Waals surface area contributed by atoms with Gasteiger partial charge < -0.3 is 35.7 Å². The Balaban J connectivity index is 2.82. The SMILES string of the molecule is C=C(OC(C)(C)C)C(CCC(O)OC(C)(C)C)NCCCC(N)/C(=C/CCCC)NC(C=C1CCC1)CCOC(C)(C)C. The van der Waals surface area contributed by atoms with E-state index in [1.165, 1.54) is 19.3 Å². The van der Waals surface area contributed by atoms with Crippen LogP contribution in [0.1, 0.15) is 140 Å². The van der Waals surface area contributed by atoms with Crippen LogP contribution in [0.4, 0.5) is 0 Å². The number of nitrogens with two attached hydrogens (primary N) is 1. The topological polar surface area (TPSA) is 98.0 Å². The summed E-state index contributed by atoms with van der Waals surface area (Å²) >= 11 is 0. The highest BCUT2D eigenvalue weighted by molar-refractivity contribution is 5.17. The van der Waals surface area contributed by atoms with E-state index < -0.39 is 11.9 Å². The van der Waals surface area contributed by atoms with Gasteiger partial charge in [0.2, 0.25) is 0 Å².